The number of carboxylic acids is 1. The number of nitrogens with zero attached hydrogens (tertiary/aromatic N) is 1. The molecule has 10 heteroatoms. The lowest BCUT2D eigenvalue weighted by atomic mass is 9.98. The van der Waals surface area contributed by atoms with E-state index in [2.05, 4.69) is 15.6 Å². The van der Waals surface area contributed by atoms with Gasteiger partial charge in [-0.3, -0.25) is 9.79 Å². The molecule has 3 aromatic rings. The fourth-order valence-electron chi connectivity index (χ4n) is 4.87. The number of hydrogen-bond donors (Lipinski definition) is 5. The number of rotatable bonds is 12. The van der Waals surface area contributed by atoms with Crippen LogP contribution in [0.15, 0.2) is 83.9 Å². The zero-order chi connectivity index (χ0) is 28.5. The van der Waals surface area contributed by atoms with Gasteiger partial charge in [0.1, 0.15) is 18.7 Å². The Morgan fingerprint density at radius 2 is 1.45 bits per heavy atom. The van der Waals surface area contributed by atoms with Gasteiger partial charge in [-0.2, -0.15) is 0 Å². The average Bonchev–Trinajstić information content (AvgIpc) is 3.27. The van der Waals surface area contributed by atoms with Crippen molar-refractivity contribution < 1.29 is 24.2 Å². The Morgan fingerprint density at radius 1 is 0.850 bits per heavy atom. The number of carbonyl (C=O) groups is 3. The molecule has 2 atom stereocenters. The van der Waals surface area contributed by atoms with E-state index >= 15 is 0 Å². The Morgan fingerprint density at radius 3 is 2.05 bits per heavy atom. The second-order valence-corrected chi connectivity index (χ2v) is 9.56. The number of carbonyl (C=O) groups excluding carboxylic acids is 2. The van der Waals surface area contributed by atoms with Gasteiger partial charge in [-0.05, 0) is 40.7 Å². The van der Waals surface area contributed by atoms with Crippen molar-refractivity contribution in [1.29, 1.82) is 0 Å². The first-order valence-electron chi connectivity index (χ1n) is 13.1. The van der Waals surface area contributed by atoms with E-state index in [9.17, 15) is 19.5 Å². The van der Waals surface area contributed by atoms with Crippen LogP contribution in [0.3, 0.4) is 0 Å². The second-order valence-electron chi connectivity index (χ2n) is 9.56. The number of nitrogens with two attached hydrogens (primary N) is 2. The molecule has 0 heterocycles. The fourth-order valence-corrected chi connectivity index (χ4v) is 4.87. The maximum absolute atomic E-state index is 13.2. The van der Waals surface area contributed by atoms with Gasteiger partial charge in [0.15, 0.2) is 5.96 Å². The van der Waals surface area contributed by atoms with Crippen LogP contribution in [0.2, 0.25) is 0 Å². The quantitative estimate of drug-likeness (QED) is 0.133. The molecular formula is C30H33N5O5. The van der Waals surface area contributed by atoms with Gasteiger partial charge in [0, 0.05) is 18.9 Å². The molecule has 0 aliphatic heterocycles. The number of ether oxygens (including phenoxy) is 1. The maximum Gasteiger partial charge on any atom is 0.407 e. The number of benzene rings is 3. The van der Waals surface area contributed by atoms with Gasteiger partial charge in [0.25, 0.3) is 0 Å². The molecule has 0 saturated heterocycles. The van der Waals surface area contributed by atoms with Gasteiger partial charge in [-0.15, -0.1) is 0 Å². The summed E-state index contributed by atoms with van der Waals surface area (Å²) >= 11 is 0. The van der Waals surface area contributed by atoms with Gasteiger partial charge in [-0.25, -0.2) is 9.59 Å². The van der Waals surface area contributed by atoms with Gasteiger partial charge in [-0.1, -0.05) is 78.9 Å². The molecule has 0 saturated carbocycles. The largest absolute Gasteiger partial charge is 0.480 e. The Hall–Kier alpha value is -4.86. The number of amides is 2. The van der Waals surface area contributed by atoms with Crippen molar-refractivity contribution in [2.75, 3.05) is 13.2 Å². The third kappa shape index (κ3) is 7.16. The number of fused-ring (bicyclic) bond motifs is 3. The van der Waals surface area contributed by atoms with E-state index < -0.39 is 30.1 Å². The van der Waals surface area contributed by atoms with E-state index in [1.165, 1.54) is 0 Å². The highest BCUT2D eigenvalue weighted by atomic mass is 16.5. The second kappa shape index (κ2) is 13.3. The summed E-state index contributed by atoms with van der Waals surface area (Å²) in [5.74, 6) is -2.06. The summed E-state index contributed by atoms with van der Waals surface area (Å²) in [6.45, 7) is 0.315. The van der Waals surface area contributed by atoms with E-state index in [0.29, 0.717) is 6.42 Å². The molecule has 40 heavy (non-hydrogen) atoms. The van der Waals surface area contributed by atoms with Crippen LogP contribution in [-0.2, 0) is 20.7 Å². The first kappa shape index (κ1) is 28.2. The first-order chi connectivity index (χ1) is 19.3. The van der Waals surface area contributed by atoms with Crippen molar-refractivity contribution >= 4 is 23.9 Å². The molecular weight excluding hydrogens is 510 g/mol. The third-order valence-electron chi connectivity index (χ3n) is 6.79. The summed E-state index contributed by atoms with van der Waals surface area (Å²) in [6, 6.07) is 22.9. The topological polar surface area (TPSA) is 169 Å². The summed E-state index contributed by atoms with van der Waals surface area (Å²) in [5, 5.41) is 14.8. The molecule has 0 spiro atoms. The molecule has 0 bridgehead atoms. The van der Waals surface area contributed by atoms with Gasteiger partial charge >= 0.3 is 12.1 Å². The molecule has 0 radical (unpaired) electrons. The number of carboxylic acid groups (broad SMARTS) is 1. The minimum absolute atomic E-state index is 0.0854. The van der Waals surface area contributed by atoms with E-state index in [-0.39, 0.29) is 37.9 Å². The Balaban J connectivity index is 1.43. The smallest absolute Gasteiger partial charge is 0.407 e. The van der Waals surface area contributed by atoms with Crippen LogP contribution >= 0.6 is 0 Å². The van der Waals surface area contributed by atoms with Crippen LogP contribution in [0.25, 0.3) is 11.1 Å². The molecule has 2 unspecified atom stereocenters. The van der Waals surface area contributed by atoms with Crippen molar-refractivity contribution in [3.63, 3.8) is 0 Å². The van der Waals surface area contributed by atoms with Crippen molar-refractivity contribution in [2.45, 2.75) is 37.3 Å². The van der Waals surface area contributed by atoms with Crippen molar-refractivity contribution in [2.24, 2.45) is 16.5 Å². The average molecular weight is 544 g/mol. The molecule has 0 fully saturated rings. The van der Waals surface area contributed by atoms with Crippen LogP contribution in [0.1, 0.15) is 35.4 Å². The SMILES string of the molecule is NC(N)=NCCCC(NC(=O)C(Cc1ccccc1)NC(=O)OCC1c2ccccc2-c2ccccc21)C(=O)O. The number of aliphatic carboxylic acids is 1. The van der Waals surface area contributed by atoms with Crippen LogP contribution in [0.5, 0.6) is 0 Å². The lowest BCUT2D eigenvalue weighted by Crippen LogP contribution is -2.52. The van der Waals surface area contributed by atoms with Crippen LogP contribution in [0, 0.1) is 0 Å². The standard InChI is InChI=1S/C30H33N5O5/c31-29(32)33-16-8-15-25(28(37)38)34-27(36)26(17-19-9-2-1-3-10-19)35-30(39)40-18-24-22-13-6-4-11-20(22)21-12-5-7-14-23(21)24/h1-7,9-14,24-26H,8,15-18H2,(H,34,36)(H,35,39)(H,37,38)(H4,31,32,33). The predicted octanol–water partition coefficient (Wildman–Crippen LogP) is 2.76. The van der Waals surface area contributed by atoms with Crippen LogP contribution < -0.4 is 22.1 Å². The molecule has 1 aliphatic carbocycles. The molecule has 7 N–H and O–H groups in total. The zero-order valence-corrected chi connectivity index (χ0v) is 22.0. The lowest BCUT2D eigenvalue weighted by molar-refractivity contribution is -0.142. The van der Waals surface area contributed by atoms with Gasteiger partial charge < -0.3 is 31.9 Å². The molecule has 0 aromatic heterocycles. The Kier molecular flexibility index (Phi) is 9.35. The van der Waals surface area contributed by atoms with Crippen LogP contribution in [-0.4, -0.2) is 54.3 Å². The molecule has 4 rings (SSSR count). The fraction of sp³-hybridized carbons (Fsp3) is 0.267. The highest BCUT2D eigenvalue weighted by Crippen LogP contribution is 2.44. The summed E-state index contributed by atoms with van der Waals surface area (Å²) in [5.41, 5.74) is 15.8. The van der Waals surface area contributed by atoms with Gasteiger partial charge in [0.2, 0.25) is 5.91 Å². The van der Waals surface area contributed by atoms with E-state index in [1.807, 2.05) is 78.9 Å². The van der Waals surface area contributed by atoms with Crippen LogP contribution in [0.4, 0.5) is 4.79 Å². The number of guanidine groups is 1. The summed E-state index contributed by atoms with van der Waals surface area (Å²) in [6.07, 6.45) is -0.159. The number of hydrogen-bond acceptors (Lipinski definition) is 5. The zero-order valence-electron chi connectivity index (χ0n) is 22.0. The normalized spacial score (nSPS) is 13.3. The molecule has 2 amide bonds. The molecule has 208 valence electrons. The Labute approximate surface area is 232 Å². The highest BCUT2D eigenvalue weighted by molar-refractivity contribution is 5.89. The maximum atomic E-state index is 13.2. The predicted molar refractivity (Wildman–Crippen MR) is 152 cm³/mol. The molecule has 3 aromatic carbocycles. The number of nitrogens with one attached hydrogen (secondary N) is 2. The summed E-state index contributed by atoms with van der Waals surface area (Å²) in [7, 11) is 0. The van der Waals surface area contributed by atoms with Crippen molar-refractivity contribution in [3.05, 3.63) is 95.6 Å². The van der Waals surface area contributed by atoms with Crippen molar-refractivity contribution in [3.8, 4) is 11.1 Å². The molecule has 10 nitrogen and oxygen atoms in total. The van der Waals surface area contributed by atoms with Crippen molar-refractivity contribution in [1.82, 2.24) is 10.6 Å². The monoisotopic (exact) mass is 543 g/mol. The Bertz CT molecular complexity index is 1330. The van der Waals surface area contributed by atoms with Gasteiger partial charge in [0.05, 0.1) is 0 Å². The number of alkyl carbamates (subject to hydrolysis) is 1. The molecule has 1 aliphatic rings. The highest BCUT2D eigenvalue weighted by Gasteiger charge is 2.31. The first-order valence-corrected chi connectivity index (χ1v) is 13.1. The van der Waals surface area contributed by atoms with E-state index in [4.69, 9.17) is 16.2 Å². The summed E-state index contributed by atoms with van der Waals surface area (Å²) in [4.78, 5) is 41.8. The lowest BCUT2D eigenvalue weighted by Gasteiger charge is -2.22. The van der Waals surface area contributed by atoms with E-state index in [0.717, 1.165) is 27.8 Å². The minimum atomic E-state index is -1.20. The van der Waals surface area contributed by atoms with E-state index in [1.54, 1.807) is 0 Å². The third-order valence-corrected chi connectivity index (χ3v) is 6.79. The summed E-state index contributed by atoms with van der Waals surface area (Å²) < 4.78 is 5.63. The minimum Gasteiger partial charge on any atom is -0.480 e. The number of aliphatic imine (C=N–C) groups is 1.